The smallest absolute Gasteiger partial charge is 0.421 e. The van der Waals surface area contributed by atoms with E-state index in [1.165, 1.54) is 16.7 Å². The highest BCUT2D eigenvalue weighted by atomic mass is 19.4. The molecular formula is C21H12F6N4O2. The van der Waals surface area contributed by atoms with Crippen LogP contribution in [0.5, 0.6) is 11.6 Å². The monoisotopic (exact) mass is 466 g/mol. The largest absolute Gasteiger partial charge is 0.438 e. The number of alkyl halides is 3. The molecule has 12 heteroatoms. The van der Waals surface area contributed by atoms with Crippen LogP contribution in [-0.2, 0) is 12.7 Å². The molecule has 4 aromatic rings. The molecule has 2 aromatic heterocycles. The minimum absolute atomic E-state index is 0.0954. The number of nitrogen functional groups attached to an aromatic ring is 1. The molecule has 0 unspecified atom stereocenters. The first-order chi connectivity index (χ1) is 15.5. The molecule has 170 valence electrons. The molecule has 2 N–H and O–H groups in total. The van der Waals surface area contributed by atoms with E-state index >= 15 is 0 Å². The lowest BCUT2D eigenvalue weighted by Gasteiger charge is -2.14. The van der Waals surface area contributed by atoms with Gasteiger partial charge in [-0.1, -0.05) is 0 Å². The maximum atomic E-state index is 14.0. The number of halogens is 6. The van der Waals surface area contributed by atoms with Gasteiger partial charge in [0.1, 0.15) is 28.8 Å². The topological polar surface area (TPSA) is 83.0 Å². The highest BCUT2D eigenvalue weighted by molar-refractivity contribution is 5.79. The van der Waals surface area contributed by atoms with Crippen LogP contribution >= 0.6 is 0 Å². The summed E-state index contributed by atoms with van der Waals surface area (Å²) < 4.78 is 87.5. The van der Waals surface area contributed by atoms with Crippen LogP contribution in [0.4, 0.5) is 32.0 Å². The number of pyridine rings is 1. The summed E-state index contributed by atoms with van der Waals surface area (Å²) >= 11 is 0. The van der Waals surface area contributed by atoms with E-state index in [-0.39, 0.29) is 22.3 Å². The number of benzene rings is 2. The van der Waals surface area contributed by atoms with Crippen LogP contribution in [0, 0.1) is 17.5 Å². The zero-order valence-electron chi connectivity index (χ0n) is 16.3. The molecule has 2 heterocycles. The Morgan fingerprint density at radius 3 is 2.36 bits per heavy atom. The molecule has 6 nitrogen and oxygen atoms in total. The van der Waals surface area contributed by atoms with Crippen molar-refractivity contribution in [1.29, 1.82) is 0 Å². The maximum Gasteiger partial charge on any atom is 0.421 e. The van der Waals surface area contributed by atoms with Gasteiger partial charge >= 0.3 is 6.18 Å². The minimum atomic E-state index is -4.80. The molecule has 0 fully saturated rings. The van der Waals surface area contributed by atoms with Crippen molar-refractivity contribution in [1.82, 2.24) is 14.5 Å². The predicted octanol–water partition coefficient (Wildman–Crippen LogP) is 4.65. The second-order valence-corrected chi connectivity index (χ2v) is 6.93. The second-order valence-electron chi connectivity index (χ2n) is 6.93. The highest BCUT2D eigenvalue weighted by Crippen LogP contribution is 2.38. The summed E-state index contributed by atoms with van der Waals surface area (Å²) in [7, 11) is 0. The lowest BCUT2D eigenvalue weighted by Crippen LogP contribution is -2.14. The maximum absolute atomic E-state index is 14.0. The number of anilines is 1. The van der Waals surface area contributed by atoms with Gasteiger partial charge < -0.3 is 15.0 Å². The first-order valence-corrected chi connectivity index (χ1v) is 9.16. The molecule has 0 radical (unpaired) electrons. The number of ether oxygens (including phenoxy) is 1. The third-order valence-electron chi connectivity index (χ3n) is 4.65. The number of rotatable bonds is 4. The molecular weight excluding hydrogens is 454 g/mol. The molecule has 4 rings (SSSR count). The lowest BCUT2D eigenvalue weighted by molar-refractivity contribution is -0.138. The van der Waals surface area contributed by atoms with Gasteiger partial charge in [0.25, 0.3) is 5.56 Å². The van der Waals surface area contributed by atoms with Crippen LogP contribution in [0.25, 0.3) is 10.9 Å². The summed E-state index contributed by atoms with van der Waals surface area (Å²) in [5.74, 6) is -4.30. The number of hydrogen-bond donors (Lipinski definition) is 1. The molecule has 0 spiro atoms. The van der Waals surface area contributed by atoms with Gasteiger partial charge in [0, 0.05) is 17.7 Å². The minimum Gasteiger partial charge on any atom is -0.438 e. The van der Waals surface area contributed by atoms with E-state index in [2.05, 4.69) is 9.97 Å². The normalized spacial score (nSPS) is 11.7. The molecule has 33 heavy (non-hydrogen) atoms. The highest BCUT2D eigenvalue weighted by Gasteiger charge is 2.36. The van der Waals surface area contributed by atoms with Crippen molar-refractivity contribution in [2.45, 2.75) is 12.7 Å². The third kappa shape index (κ3) is 4.45. The number of aromatic nitrogens is 3. The van der Waals surface area contributed by atoms with Gasteiger partial charge in [-0.15, -0.1) is 0 Å². The Morgan fingerprint density at radius 2 is 1.70 bits per heavy atom. The van der Waals surface area contributed by atoms with Crippen molar-refractivity contribution in [3.63, 3.8) is 0 Å². The van der Waals surface area contributed by atoms with Crippen molar-refractivity contribution in [2.75, 3.05) is 5.73 Å². The van der Waals surface area contributed by atoms with E-state index in [0.29, 0.717) is 18.2 Å². The zero-order valence-corrected chi connectivity index (χ0v) is 16.3. The van der Waals surface area contributed by atoms with E-state index in [4.69, 9.17) is 10.5 Å². The summed E-state index contributed by atoms with van der Waals surface area (Å²) in [5, 5.41) is -0.0954. The summed E-state index contributed by atoms with van der Waals surface area (Å²) in [6, 6.07) is 5.35. The van der Waals surface area contributed by atoms with Crippen molar-refractivity contribution in [2.24, 2.45) is 0 Å². The number of fused-ring (bicyclic) bond motifs is 1. The van der Waals surface area contributed by atoms with Crippen molar-refractivity contribution < 1.29 is 31.1 Å². The van der Waals surface area contributed by atoms with Gasteiger partial charge in [-0.05, 0) is 24.3 Å². The molecule has 0 atom stereocenters. The van der Waals surface area contributed by atoms with Crippen LogP contribution in [-0.4, -0.2) is 14.5 Å². The third-order valence-corrected chi connectivity index (χ3v) is 4.65. The zero-order chi connectivity index (χ0) is 23.9. The van der Waals surface area contributed by atoms with Crippen molar-refractivity contribution >= 4 is 16.6 Å². The Kier molecular flexibility index (Phi) is 5.44. The Labute approximate surface area is 180 Å². The molecule has 0 bridgehead atoms. The fourth-order valence-electron chi connectivity index (χ4n) is 3.14. The Balaban J connectivity index is 1.75. The van der Waals surface area contributed by atoms with Gasteiger partial charge in [-0.25, -0.2) is 18.2 Å². The van der Waals surface area contributed by atoms with Crippen molar-refractivity contribution in [3.8, 4) is 11.6 Å². The molecule has 0 aliphatic rings. The Bertz CT molecular complexity index is 1410. The molecule has 0 amide bonds. The summed E-state index contributed by atoms with van der Waals surface area (Å²) in [6.07, 6.45) is -2.78. The Hall–Kier alpha value is -4.09. The fraction of sp³-hybridized carbons (Fsp3) is 0.0952. The van der Waals surface area contributed by atoms with E-state index in [0.717, 1.165) is 18.6 Å². The molecule has 2 aromatic carbocycles. The molecule has 0 aliphatic carbocycles. The van der Waals surface area contributed by atoms with Crippen LogP contribution in [0.2, 0.25) is 0 Å². The molecule has 0 aliphatic heterocycles. The summed E-state index contributed by atoms with van der Waals surface area (Å²) in [4.78, 5) is 19.4. The standard InChI is InChI=1S/C21H12F6N4O2/c22-10-3-16(23)14(17(24)4-10)8-31-9-30-19(32)13-6-12(1-2-18(13)31)33-20-15(21(25,26)27)5-11(28)7-29-20/h1-7,9H,8,28H2. The average Bonchev–Trinajstić information content (AvgIpc) is 2.73. The fourth-order valence-corrected chi connectivity index (χ4v) is 3.14. The quantitative estimate of drug-likeness (QED) is 0.443. The van der Waals surface area contributed by atoms with E-state index in [1.54, 1.807) is 0 Å². The summed E-state index contributed by atoms with van der Waals surface area (Å²) in [5.41, 5.74) is 2.87. The predicted molar refractivity (Wildman–Crippen MR) is 105 cm³/mol. The van der Waals surface area contributed by atoms with E-state index < -0.39 is 52.7 Å². The van der Waals surface area contributed by atoms with Crippen molar-refractivity contribution in [3.05, 3.63) is 87.9 Å². The van der Waals surface area contributed by atoms with Gasteiger partial charge in [-0.2, -0.15) is 18.2 Å². The number of nitrogens with two attached hydrogens (primary N) is 1. The first kappa shape index (κ1) is 22.1. The molecule has 0 saturated carbocycles. The lowest BCUT2D eigenvalue weighted by atomic mass is 10.1. The Morgan fingerprint density at radius 1 is 1.00 bits per heavy atom. The summed E-state index contributed by atoms with van der Waals surface area (Å²) in [6.45, 7) is -0.431. The second kappa shape index (κ2) is 8.11. The number of nitrogens with zero attached hydrogens (tertiary/aromatic N) is 3. The first-order valence-electron chi connectivity index (χ1n) is 9.16. The van der Waals surface area contributed by atoms with Crippen LogP contribution in [0.15, 0.2) is 53.7 Å². The van der Waals surface area contributed by atoms with Gasteiger partial charge in [0.2, 0.25) is 5.88 Å². The average molecular weight is 466 g/mol. The van der Waals surface area contributed by atoms with Gasteiger partial charge in [0.05, 0.1) is 35.7 Å². The number of hydrogen-bond acceptors (Lipinski definition) is 5. The van der Waals surface area contributed by atoms with Crippen LogP contribution in [0.1, 0.15) is 11.1 Å². The SMILES string of the molecule is Nc1cnc(Oc2ccc3c(c2)c(=O)ncn3Cc2c(F)cc(F)cc2F)c(C(F)(F)F)c1. The van der Waals surface area contributed by atoms with E-state index in [9.17, 15) is 31.1 Å². The van der Waals surface area contributed by atoms with Gasteiger partial charge in [0.15, 0.2) is 0 Å². The van der Waals surface area contributed by atoms with Crippen LogP contribution in [0.3, 0.4) is 0 Å². The van der Waals surface area contributed by atoms with E-state index in [1.807, 2.05) is 0 Å². The van der Waals surface area contributed by atoms with Crippen LogP contribution < -0.4 is 16.0 Å². The molecule has 0 saturated heterocycles. The van der Waals surface area contributed by atoms with Gasteiger partial charge in [-0.3, -0.25) is 4.79 Å².